The lowest BCUT2D eigenvalue weighted by atomic mass is 10.2. The first-order valence-electron chi connectivity index (χ1n) is 7.54. The summed E-state index contributed by atoms with van der Waals surface area (Å²) in [6.07, 6.45) is 1.34. The van der Waals surface area contributed by atoms with Crippen molar-refractivity contribution in [2.24, 2.45) is 5.10 Å². The lowest BCUT2D eigenvalue weighted by Gasteiger charge is -2.16. The van der Waals surface area contributed by atoms with Gasteiger partial charge in [-0.2, -0.15) is 9.41 Å². The molecule has 0 aliphatic heterocycles. The summed E-state index contributed by atoms with van der Waals surface area (Å²) in [7, 11) is -1.02. The Kier molecular flexibility index (Phi) is 6.31. The minimum absolute atomic E-state index is 0.0527. The number of amides is 1. The number of carbonyl (C=O) groups is 1. The predicted octanol–water partition coefficient (Wildman–Crippen LogP) is 1.17. The van der Waals surface area contributed by atoms with E-state index in [1.54, 1.807) is 12.1 Å². The van der Waals surface area contributed by atoms with Crippen molar-refractivity contribution in [3.8, 4) is 11.5 Å². The number of carbonyl (C=O) groups excluding carboxylic acids is 1. The van der Waals surface area contributed by atoms with Crippen LogP contribution < -0.4 is 10.2 Å². The Morgan fingerprint density at radius 3 is 2.58 bits per heavy atom. The van der Waals surface area contributed by atoms with Gasteiger partial charge in [0.25, 0.3) is 5.91 Å². The van der Waals surface area contributed by atoms with Crippen LogP contribution in [0.1, 0.15) is 5.56 Å². The van der Waals surface area contributed by atoms with Crippen LogP contribution in [0.5, 0.6) is 11.5 Å². The number of aromatic hydroxyl groups is 1. The molecule has 2 rings (SSSR count). The van der Waals surface area contributed by atoms with E-state index in [4.69, 9.17) is 4.74 Å². The van der Waals surface area contributed by atoms with Crippen molar-refractivity contribution in [3.05, 3.63) is 54.1 Å². The van der Waals surface area contributed by atoms with Crippen molar-refractivity contribution in [3.63, 3.8) is 0 Å². The van der Waals surface area contributed by atoms with Crippen LogP contribution in [-0.4, -0.2) is 50.7 Å². The molecular weight excluding hydrogens is 358 g/mol. The highest BCUT2D eigenvalue weighted by Crippen LogP contribution is 2.18. The second-order valence-corrected chi connectivity index (χ2v) is 7.37. The van der Waals surface area contributed by atoms with Gasteiger partial charge in [0.05, 0.1) is 24.8 Å². The summed E-state index contributed by atoms with van der Waals surface area (Å²) in [6.45, 7) is -0.397. The van der Waals surface area contributed by atoms with E-state index in [9.17, 15) is 18.3 Å². The van der Waals surface area contributed by atoms with E-state index >= 15 is 0 Å². The Morgan fingerprint density at radius 2 is 1.96 bits per heavy atom. The number of rotatable bonds is 7. The highest BCUT2D eigenvalue weighted by molar-refractivity contribution is 7.89. The zero-order valence-electron chi connectivity index (χ0n) is 14.3. The number of methoxy groups -OCH3 is 1. The second-order valence-electron chi connectivity index (χ2n) is 5.32. The molecule has 2 N–H and O–H groups in total. The quantitative estimate of drug-likeness (QED) is 0.556. The third-order valence-corrected chi connectivity index (χ3v) is 5.22. The van der Waals surface area contributed by atoms with Gasteiger partial charge in [0, 0.05) is 7.05 Å². The van der Waals surface area contributed by atoms with E-state index in [1.807, 2.05) is 0 Å². The summed E-state index contributed by atoms with van der Waals surface area (Å²) < 4.78 is 30.8. The number of hydrogen-bond donors (Lipinski definition) is 2. The SMILES string of the molecule is COc1ccc(S(=O)(=O)N(C)CC(=O)N/N=C\c2cccc(O)c2)cc1. The molecular formula is C17H19N3O5S. The molecule has 2 aromatic rings. The van der Waals surface area contributed by atoms with Gasteiger partial charge in [0.1, 0.15) is 11.5 Å². The van der Waals surface area contributed by atoms with Gasteiger partial charge in [0.15, 0.2) is 0 Å². The van der Waals surface area contributed by atoms with Crippen LogP contribution in [0.2, 0.25) is 0 Å². The Morgan fingerprint density at radius 1 is 1.27 bits per heavy atom. The molecule has 8 nitrogen and oxygen atoms in total. The molecule has 0 aromatic heterocycles. The number of likely N-dealkylation sites (N-methyl/N-ethyl adjacent to an activating group) is 1. The number of hydrazone groups is 1. The number of benzene rings is 2. The van der Waals surface area contributed by atoms with Crippen molar-refractivity contribution in [1.29, 1.82) is 0 Å². The maximum atomic E-state index is 12.4. The standard InChI is InChI=1S/C17H19N3O5S/c1-20(26(23,24)16-8-6-15(25-2)7-9-16)12-17(22)19-18-11-13-4-3-5-14(21)10-13/h3-11,21H,12H2,1-2H3,(H,19,22)/b18-11-. The molecule has 0 saturated carbocycles. The molecule has 26 heavy (non-hydrogen) atoms. The number of hydrogen-bond acceptors (Lipinski definition) is 6. The molecule has 0 aliphatic rings. The zero-order chi connectivity index (χ0) is 19.2. The first-order valence-corrected chi connectivity index (χ1v) is 8.98. The van der Waals surface area contributed by atoms with Gasteiger partial charge in [-0.05, 0) is 42.0 Å². The van der Waals surface area contributed by atoms with E-state index in [0.29, 0.717) is 11.3 Å². The fraction of sp³-hybridized carbons (Fsp3) is 0.176. The smallest absolute Gasteiger partial charge is 0.255 e. The zero-order valence-corrected chi connectivity index (χ0v) is 15.1. The van der Waals surface area contributed by atoms with Crippen molar-refractivity contribution in [1.82, 2.24) is 9.73 Å². The number of nitrogens with zero attached hydrogens (tertiary/aromatic N) is 2. The third-order valence-electron chi connectivity index (χ3n) is 3.41. The predicted molar refractivity (Wildman–Crippen MR) is 96.7 cm³/mol. The van der Waals surface area contributed by atoms with Gasteiger partial charge < -0.3 is 9.84 Å². The summed E-state index contributed by atoms with van der Waals surface area (Å²) >= 11 is 0. The molecule has 1 amide bonds. The average Bonchev–Trinajstić information content (AvgIpc) is 2.61. The summed E-state index contributed by atoms with van der Waals surface area (Å²) in [4.78, 5) is 11.9. The van der Waals surface area contributed by atoms with E-state index in [-0.39, 0.29) is 10.6 Å². The Hall–Kier alpha value is -2.91. The number of ether oxygens (including phenoxy) is 1. The van der Waals surface area contributed by atoms with Crippen molar-refractivity contribution < 1.29 is 23.1 Å². The molecule has 0 heterocycles. The molecule has 9 heteroatoms. The van der Waals surface area contributed by atoms with Gasteiger partial charge in [-0.3, -0.25) is 4.79 Å². The maximum Gasteiger partial charge on any atom is 0.255 e. The first-order chi connectivity index (χ1) is 12.3. The van der Waals surface area contributed by atoms with Crippen LogP contribution in [0.3, 0.4) is 0 Å². The van der Waals surface area contributed by atoms with Gasteiger partial charge in [-0.1, -0.05) is 12.1 Å². The lowest BCUT2D eigenvalue weighted by molar-refractivity contribution is -0.121. The Labute approximate surface area is 151 Å². The van der Waals surface area contributed by atoms with Crippen LogP contribution in [0.4, 0.5) is 0 Å². The molecule has 0 bridgehead atoms. The summed E-state index contributed by atoms with van der Waals surface area (Å²) in [5.74, 6) is 0.0113. The number of nitrogens with one attached hydrogen (secondary N) is 1. The van der Waals surface area contributed by atoms with Crippen LogP contribution >= 0.6 is 0 Å². The monoisotopic (exact) mass is 377 g/mol. The molecule has 138 valence electrons. The molecule has 0 radical (unpaired) electrons. The van der Waals surface area contributed by atoms with E-state index in [2.05, 4.69) is 10.5 Å². The molecule has 0 spiro atoms. The second kappa shape index (κ2) is 8.45. The average molecular weight is 377 g/mol. The van der Waals surface area contributed by atoms with Gasteiger partial charge in [0.2, 0.25) is 10.0 Å². The van der Waals surface area contributed by atoms with Gasteiger partial charge in [-0.15, -0.1) is 0 Å². The highest BCUT2D eigenvalue weighted by atomic mass is 32.2. The molecule has 0 unspecified atom stereocenters. The van der Waals surface area contributed by atoms with E-state index < -0.39 is 22.5 Å². The minimum atomic E-state index is -3.81. The maximum absolute atomic E-state index is 12.4. The number of phenolic OH excluding ortho intramolecular Hbond substituents is 1. The van der Waals surface area contributed by atoms with Crippen molar-refractivity contribution in [2.75, 3.05) is 20.7 Å². The summed E-state index contributed by atoms with van der Waals surface area (Å²) in [6, 6.07) is 12.2. The normalized spacial score (nSPS) is 11.7. The van der Waals surface area contributed by atoms with Crippen molar-refractivity contribution >= 4 is 22.1 Å². The fourth-order valence-corrected chi connectivity index (χ4v) is 3.16. The Balaban J connectivity index is 1.96. The van der Waals surface area contributed by atoms with Crippen LogP contribution in [0.25, 0.3) is 0 Å². The first kappa shape index (κ1) is 19.4. The molecule has 0 fully saturated rings. The van der Waals surface area contributed by atoms with Crippen LogP contribution in [0, 0.1) is 0 Å². The number of sulfonamides is 1. The topological polar surface area (TPSA) is 108 Å². The van der Waals surface area contributed by atoms with E-state index in [0.717, 1.165) is 4.31 Å². The number of phenols is 1. The largest absolute Gasteiger partial charge is 0.508 e. The molecule has 0 atom stereocenters. The molecule has 0 aliphatic carbocycles. The van der Waals surface area contributed by atoms with Gasteiger partial charge >= 0.3 is 0 Å². The van der Waals surface area contributed by atoms with Crippen LogP contribution in [0.15, 0.2) is 58.5 Å². The van der Waals surface area contributed by atoms with Crippen LogP contribution in [-0.2, 0) is 14.8 Å². The Bertz CT molecular complexity index is 895. The fourth-order valence-electron chi connectivity index (χ4n) is 2.03. The van der Waals surface area contributed by atoms with Gasteiger partial charge in [-0.25, -0.2) is 13.8 Å². The van der Waals surface area contributed by atoms with Crippen molar-refractivity contribution in [2.45, 2.75) is 4.90 Å². The highest BCUT2D eigenvalue weighted by Gasteiger charge is 2.22. The molecule has 0 saturated heterocycles. The minimum Gasteiger partial charge on any atom is -0.508 e. The third kappa shape index (κ3) is 5.04. The van der Waals surface area contributed by atoms with E-state index in [1.165, 1.54) is 56.8 Å². The molecule has 2 aromatic carbocycles. The summed E-state index contributed by atoms with van der Waals surface area (Å²) in [5, 5.41) is 13.1. The summed E-state index contributed by atoms with van der Waals surface area (Å²) in [5.41, 5.74) is 2.83. The lowest BCUT2D eigenvalue weighted by Crippen LogP contribution is -2.36.